The maximum Gasteiger partial charge on any atom is 0.230 e. The van der Waals surface area contributed by atoms with Crippen LogP contribution in [0, 0.1) is 0 Å². The standard InChI is InChI=1S/C13H25N3O2S.ClH/c14-12(17)9-19-10-13(18)16-8-7-15-11-5-3-1-2-4-6-11;/h11,15H,1-10H2,(H2,14,17)(H,16,18);1H. The van der Waals surface area contributed by atoms with Gasteiger partial charge in [-0.15, -0.1) is 24.2 Å². The lowest BCUT2D eigenvalue weighted by atomic mass is 10.1. The van der Waals surface area contributed by atoms with Crippen molar-refractivity contribution in [2.75, 3.05) is 24.6 Å². The summed E-state index contributed by atoms with van der Waals surface area (Å²) in [6.07, 6.45) is 7.84. The average Bonchev–Trinajstić information content (AvgIpc) is 2.63. The molecule has 0 aromatic rings. The average molecular weight is 324 g/mol. The Morgan fingerprint density at radius 3 is 2.30 bits per heavy atom. The van der Waals surface area contributed by atoms with Gasteiger partial charge in [-0.3, -0.25) is 9.59 Å². The number of carbonyl (C=O) groups excluding carboxylic acids is 2. The lowest BCUT2D eigenvalue weighted by molar-refractivity contribution is -0.118. The predicted octanol–water partition coefficient (Wildman–Crippen LogP) is 1.06. The summed E-state index contributed by atoms with van der Waals surface area (Å²) in [7, 11) is 0. The Morgan fingerprint density at radius 1 is 1.05 bits per heavy atom. The van der Waals surface area contributed by atoms with Gasteiger partial charge in [0, 0.05) is 19.1 Å². The molecule has 1 fully saturated rings. The highest BCUT2D eigenvalue weighted by Crippen LogP contribution is 2.16. The number of hydrogen-bond acceptors (Lipinski definition) is 4. The fourth-order valence-electron chi connectivity index (χ4n) is 2.26. The van der Waals surface area contributed by atoms with Crippen molar-refractivity contribution in [3.63, 3.8) is 0 Å². The molecule has 0 radical (unpaired) electrons. The number of thioether (sulfide) groups is 1. The van der Waals surface area contributed by atoms with E-state index in [1.165, 1.54) is 50.3 Å². The van der Waals surface area contributed by atoms with Crippen LogP contribution in [0.1, 0.15) is 38.5 Å². The van der Waals surface area contributed by atoms with Crippen LogP contribution in [0.5, 0.6) is 0 Å². The largest absolute Gasteiger partial charge is 0.369 e. The Labute approximate surface area is 131 Å². The lowest BCUT2D eigenvalue weighted by Crippen LogP contribution is -2.37. The molecule has 20 heavy (non-hydrogen) atoms. The number of halogens is 1. The Kier molecular flexibility index (Phi) is 12.0. The van der Waals surface area contributed by atoms with E-state index in [0.29, 0.717) is 18.3 Å². The third-order valence-electron chi connectivity index (χ3n) is 3.21. The third kappa shape index (κ3) is 10.3. The van der Waals surface area contributed by atoms with E-state index in [2.05, 4.69) is 10.6 Å². The van der Waals surface area contributed by atoms with Crippen molar-refractivity contribution >= 4 is 36.0 Å². The molecule has 0 aliphatic heterocycles. The summed E-state index contributed by atoms with van der Waals surface area (Å²) in [4.78, 5) is 21.9. The fraction of sp³-hybridized carbons (Fsp3) is 0.846. The van der Waals surface area contributed by atoms with Crippen LogP contribution in [0.3, 0.4) is 0 Å². The Balaban J connectivity index is 0.00000361. The molecule has 118 valence electrons. The SMILES string of the molecule is Cl.NC(=O)CSCC(=O)NCCNC1CCCCCC1. The van der Waals surface area contributed by atoms with Gasteiger partial charge in [0.1, 0.15) is 0 Å². The van der Waals surface area contributed by atoms with E-state index < -0.39 is 0 Å². The van der Waals surface area contributed by atoms with E-state index in [1.807, 2.05) is 0 Å². The van der Waals surface area contributed by atoms with Crippen molar-refractivity contribution in [3.05, 3.63) is 0 Å². The maximum absolute atomic E-state index is 11.4. The van der Waals surface area contributed by atoms with E-state index in [1.54, 1.807) is 0 Å². The van der Waals surface area contributed by atoms with Gasteiger partial charge in [-0.05, 0) is 12.8 Å². The van der Waals surface area contributed by atoms with Crippen LogP contribution >= 0.6 is 24.2 Å². The van der Waals surface area contributed by atoms with E-state index in [-0.39, 0.29) is 30.0 Å². The van der Waals surface area contributed by atoms with Gasteiger partial charge >= 0.3 is 0 Å². The molecule has 5 nitrogen and oxygen atoms in total. The predicted molar refractivity (Wildman–Crippen MR) is 86.3 cm³/mol. The van der Waals surface area contributed by atoms with Crippen molar-refractivity contribution in [1.82, 2.24) is 10.6 Å². The molecular weight excluding hydrogens is 298 g/mol. The van der Waals surface area contributed by atoms with Gasteiger partial charge in [0.2, 0.25) is 11.8 Å². The van der Waals surface area contributed by atoms with Crippen LogP contribution < -0.4 is 16.4 Å². The molecule has 1 rings (SSSR count). The summed E-state index contributed by atoms with van der Waals surface area (Å²) in [5.41, 5.74) is 4.99. The van der Waals surface area contributed by atoms with Gasteiger partial charge in [-0.25, -0.2) is 0 Å². The minimum atomic E-state index is -0.382. The monoisotopic (exact) mass is 323 g/mol. The first-order valence-electron chi connectivity index (χ1n) is 7.04. The number of primary amides is 1. The molecule has 7 heteroatoms. The smallest absolute Gasteiger partial charge is 0.230 e. The minimum Gasteiger partial charge on any atom is -0.369 e. The molecular formula is C13H26ClN3O2S. The number of amides is 2. The van der Waals surface area contributed by atoms with Gasteiger partial charge in [-0.1, -0.05) is 25.7 Å². The summed E-state index contributed by atoms with van der Waals surface area (Å²) >= 11 is 1.25. The highest BCUT2D eigenvalue weighted by molar-refractivity contribution is 8.00. The Hall–Kier alpha value is -0.460. The normalized spacial score (nSPS) is 16.0. The van der Waals surface area contributed by atoms with Crippen molar-refractivity contribution in [2.45, 2.75) is 44.6 Å². The topological polar surface area (TPSA) is 84.2 Å². The van der Waals surface area contributed by atoms with Crippen LogP contribution in [0.4, 0.5) is 0 Å². The summed E-state index contributed by atoms with van der Waals surface area (Å²) in [5.74, 6) is 0.0851. The van der Waals surface area contributed by atoms with E-state index in [9.17, 15) is 9.59 Å². The van der Waals surface area contributed by atoms with E-state index in [0.717, 1.165) is 6.54 Å². The molecule has 0 saturated heterocycles. The van der Waals surface area contributed by atoms with Gasteiger partial charge in [0.25, 0.3) is 0 Å². The highest BCUT2D eigenvalue weighted by atomic mass is 35.5. The number of nitrogens with one attached hydrogen (secondary N) is 2. The molecule has 0 spiro atoms. The highest BCUT2D eigenvalue weighted by Gasteiger charge is 2.11. The minimum absolute atomic E-state index is 0. The first kappa shape index (κ1) is 19.5. The number of carbonyl (C=O) groups is 2. The quantitative estimate of drug-likeness (QED) is 0.460. The van der Waals surface area contributed by atoms with Crippen LogP contribution in [-0.4, -0.2) is 42.5 Å². The van der Waals surface area contributed by atoms with E-state index >= 15 is 0 Å². The van der Waals surface area contributed by atoms with Crippen LogP contribution in [0.2, 0.25) is 0 Å². The first-order valence-corrected chi connectivity index (χ1v) is 8.20. The van der Waals surface area contributed by atoms with Crippen molar-refractivity contribution in [2.24, 2.45) is 5.73 Å². The van der Waals surface area contributed by atoms with Crippen LogP contribution in [-0.2, 0) is 9.59 Å². The molecule has 0 atom stereocenters. The van der Waals surface area contributed by atoms with Crippen LogP contribution in [0.15, 0.2) is 0 Å². The Morgan fingerprint density at radius 2 is 1.70 bits per heavy atom. The van der Waals surface area contributed by atoms with E-state index in [4.69, 9.17) is 5.73 Å². The summed E-state index contributed by atoms with van der Waals surface area (Å²) in [6, 6.07) is 0.614. The Bertz CT molecular complexity index is 285. The molecule has 1 aliphatic rings. The molecule has 0 aromatic heterocycles. The molecule has 0 heterocycles. The maximum atomic E-state index is 11.4. The number of rotatable bonds is 8. The lowest BCUT2D eigenvalue weighted by Gasteiger charge is -2.16. The zero-order chi connectivity index (χ0) is 13.9. The van der Waals surface area contributed by atoms with Gasteiger partial charge in [0.05, 0.1) is 11.5 Å². The van der Waals surface area contributed by atoms with Crippen molar-refractivity contribution in [3.8, 4) is 0 Å². The zero-order valence-electron chi connectivity index (χ0n) is 11.9. The van der Waals surface area contributed by atoms with Gasteiger partial charge < -0.3 is 16.4 Å². The van der Waals surface area contributed by atoms with Gasteiger partial charge in [-0.2, -0.15) is 0 Å². The zero-order valence-corrected chi connectivity index (χ0v) is 13.5. The second-order valence-corrected chi connectivity index (χ2v) is 5.94. The summed E-state index contributed by atoms with van der Waals surface area (Å²) in [5, 5.41) is 6.33. The molecule has 1 aliphatic carbocycles. The van der Waals surface area contributed by atoms with Crippen molar-refractivity contribution < 1.29 is 9.59 Å². The number of hydrogen-bond donors (Lipinski definition) is 3. The second kappa shape index (κ2) is 12.3. The summed E-state index contributed by atoms with van der Waals surface area (Å²) in [6.45, 7) is 1.46. The second-order valence-electron chi connectivity index (χ2n) is 4.95. The molecule has 0 unspecified atom stereocenters. The molecule has 0 bridgehead atoms. The molecule has 1 saturated carbocycles. The third-order valence-corrected chi connectivity index (χ3v) is 4.17. The first-order chi connectivity index (χ1) is 9.18. The van der Waals surface area contributed by atoms with Gasteiger partial charge in [0.15, 0.2) is 0 Å². The summed E-state index contributed by atoms with van der Waals surface area (Å²) < 4.78 is 0. The number of nitrogens with two attached hydrogens (primary N) is 1. The van der Waals surface area contributed by atoms with Crippen molar-refractivity contribution in [1.29, 1.82) is 0 Å². The molecule has 0 aromatic carbocycles. The molecule has 2 amide bonds. The fourth-order valence-corrected chi connectivity index (χ4v) is 2.85. The molecule has 4 N–H and O–H groups in total. The van der Waals surface area contributed by atoms with Crippen LogP contribution in [0.25, 0.3) is 0 Å².